The fourth-order valence-electron chi connectivity index (χ4n) is 3.55. The molecule has 160 valence electrons. The van der Waals surface area contributed by atoms with Crippen LogP contribution in [0, 0.1) is 27.7 Å². The molecule has 7 nitrogen and oxygen atoms in total. The zero-order chi connectivity index (χ0) is 22.4. The summed E-state index contributed by atoms with van der Waals surface area (Å²) in [6, 6.07) is 11.9. The van der Waals surface area contributed by atoms with Crippen LogP contribution in [-0.2, 0) is 16.1 Å². The molecule has 7 heteroatoms. The molecule has 0 aliphatic rings. The van der Waals surface area contributed by atoms with Gasteiger partial charge in [0.15, 0.2) is 0 Å². The van der Waals surface area contributed by atoms with Gasteiger partial charge in [-0.15, -0.1) is 0 Å². The van der Waals surface area contributed by atoms with Gasteiger partial charge in [-0.2, -0.15) is 5.10 Å². The quantitative estimate of drug-likeness (QED) is 0.351. The number of nitrogens with one attached hydrogen (secondary N) is 2. The summed E-state index contributed by atoms with van der Waals surface area (Å²) in [4.78, 5) is 27.9. The topological polar surface area (TPSA) is 88.4 Å². The Morgan fingerprint density at radius 2 is 1.81 bits per heavy atom. The first-order valence-electron chi connectivity index (χ1n) is 10.1. The number of amides is 2. The summed E-state index contributed by atoms with van der Waals surface area (Å²) in [5.74, 6) is -0.840. The van der Waals surface area contributed by atoms with E-state index in [1.807, 2.05) is 32.0 Å². The molecule has 0 radical (unpaired) electrons. The second-order valence-electron chi connectivity index (χ2n) is 7.51. The van der Waals surface area contributed by atoms with E-state index in [-0.39, 0.29) is 12.3 Å². The van der Waals surface area contributed by atoms with E-state index >= 15 is 0 Å². The Hall–Kier alpha value is -3.74. The van der Waals surface area contributed by atoms with Gasteiger partial charge >= 0.3 is 0 Å². The Balaban J connectivity index is 1.60. The Kier molecular flexibility index (Phi) is 6.97. The molecule has 31 heavy (non-hydrogen) atoms. The summed E-state index contributed by atoms with van der Waals surface area (Å²) < 4.78 is 2.19. The van der Waals surface area contributed by atoms with Crippen molar-refractivity contribution in [1.29, 1.82) is 0 Å². The molecule has 0 saturated heterocycles. The lowest BCUT2D eigenvalue weighted by Crippen LogP contribution is -2.29. The number of hydrogen-bond acceptors (Lipinski definition) is 4. The molecule has 0 saturated carbocycles. The molecule has 0 spiro atoms. The van der Waals surface area contributed by atoms with Crippen LogP contribution in [0.4, 0.5) is 0 Å². The van der Waals surface area contributed by atoms with Crippen LogP contribution in [0.15, 0.2) is 53.9 Å². The van der Waals surface area contributed by atoms with E-state index in [9.17, 15) is 9.59 Å². The monoisotopic (exact) mass is 417 g/mol. The van der Waals surface area contributed by atoms with Crippen LogP contribution in [0.5, 0.6) is 0 Å². The number of rotatable bonds is 7. The molecular weight excluding hydrogens is 390 g/mol. The van der Waals surface area contributed by atoms with E-state index in [2.05, 4.69) is 51.4 Å². The molecule has 3 aromatic rings. The van der Waals surface area contributed by atoms with Crippen LogP contribution in [0.1, 0.15) is 40.1 Å². The first kappa shape index (κ1) is 22.0. The van der Waals surface area contributed by atoms with Crippen molar-refractivity contribution in [1.82, 2.24) is 20.3 Å². The standard InChI is InChI=1S/C24H27N5O2/c1-16-7-5-8-17(2)24(16)29-18(3)11-21(19(29)4)15-27-28-23(31)12-22(30)26-14-20-9-6-10-25-13-20/h5-11,13,15H,12,14H2,1-4H3,(H,26,30)(H,28,31)/b27-15+. The molecule has 2 aromatic heterocycles. The van der Waals surface area contributed by atoms with Crippen LogP contribution in [-0.4, -0.2) is 27.6 Å². The summed E-state index contributed by atoms with van der Waals surface area (Å²) >= 11 is 0. The van der Waals surface area contributed by atoms with Gasteiger partial charge in [-0.05, 0) is 56.5 Å². The minimum Gasteiger partial charge on any atom is -0.352 e. The smallest absolute Gasteiger partial charge is 0.249 e. The van der Waals surface area contributed by atoms with Gasteiger partial charge in [0.1, 0.15) is 6.42 Å². The first-order valence-corrected chi connectivity index (χ1v) is 10.1. The average molecular weight is 418 g/mol. The van der Waals surface area contributed by atoms with E-state index in [4.69, 9.17) is 0 Å². The zero-order valence-electron chi connectivity index (χ0n) is 18.3. The molecule has 2 amide bonds. The van der Waals surface area contributed by atoms with Crippen LogP contribution in [0.2, 0.25) is 0 Å². The van der Waals surface area contributed by atoms with Gasteiger partial charge in [-0.1, -0.05) is 24.3 Å². The molecule has 0 fully saturated rings. The lowest BCUT2D eigenvalue weighted by molar-refractivity contribution is -0.129. The summed E-state index contributed by atoms with van der Waals surface area (Å²) in [6.07, 6.45) is 4.65. The third-order valence-corrected chi connectivity index (χ3v) is 5.06. The molecule has 1 aromatic carbocycles. The maximum absolute atomic E-state index is 12.0. The van der Waals surface area contributed by atoms with E-state index in [0.29, 0.717) is 6.54 Å². The Morgan fingerprint density at radius 1 is 1.06 bits per heavy atom. The minimum absolute atomic E-state index is 0.293. The molecule has 2 N–H and O–H groups in total. The van der Waals surface area contributed by atoms with Crippen LogP contribution in [0.3, 0.4) is 0 Å². The summed E-state index contributed by atoms with van der Waals surface area (Å²) in [5, 5.41) is 6.73. The van der Waals surface area contributed by atoms with Crippen molar-refractivity contribution in [3.8, 4) is 5.69 Å². The van der Waals surface area contributed by atoms with Crippen LogP contribution < -0.4 is 10.7 Å². The summed E-state index contributed by atoms with van der Waals surface area (Å²) in [7, 11) is 0. The summed E-state index contributed by atoms with van der Waals surface area (Å²) in [6.45, 7) is 8.58. The highest BCUT2D eigenvalue weighted by molar-refractivity contribution is 5.97. The number of hydrogen-bond donors (Lipinski definition) is 2. The first-order chi connectivity index (χ1) is 14.9. The number of carbonyl (C=O) groups excluding carboxylic acids is 2. The normalized spacial score (nSPS) is 11.0. The van der Waals surface area contributed by atoms with Gasteiger partial charge < -0.3 is 9.88 Å². The second-order valence-corrected chi connectivity index (χ2v) is 7.51. The minimum atomic E-state index is -0.469. The number of benzene rings is 1. The number of carbonyl (C=O) groups is 2. The predicted octanol–water partition coefficient (Wildman–Crippen LogP) is 3.26. The van der Waals surface area contributed by atoms with E-state index in [1.54, 1.807) is 24.7 Å². The molecule has 0 atom stereocenters. The molecular formula is C24H27N5O2. The van der Waals surface area contributed by atoms with Crippen molar-refractivity contribution in [3.63, 3.8) is 0 Å². The highest BCUT2D eigenvalue weighted by atomic mass is 16.2. The Bertz CT molecular complexity index is 1100. The third-order valence-electron chi connectivity index (χ3n) is 5.06. The van der Waals surface area contributed by atoms with Crippen LogP contribution >= 0.6 is 0 Å². The molecule has 2 heterocycles. The fraction of sp³-hybridized carbons (Fsp3) is 0.250. The van der Waals surface area contributed by atoms with E-state index < -0.39 is 5.91 Å². The zero-order valence-corrected chi connectivity index (χ0v) is 18.3. The number of aromatic nitrogens is 2. The maximum Gasteiger partial charge on any atom is 0.249 e. The molecule has 0 aliphatic heterocycles. The van der Waals surface area contributed by atoms with Crippen molar-refractivity contribution in [2.75, 3.05) is 0 Å². The van der Waals surface area contributed by atoms with Crippen molar-refractivity contribution in [3.05, 3.63) is 82.4 Å². The molecule has 0 bridgehead atoms. The van der Waals surface area contributed by atoms with Crippen molar-refractivity contribution < 1.29 is 9.59 Å². The van der Waals surface area contributed by atoms with Crippen LogP contribution in [0.25, 0.3) is 5.69 Å². The molecule has 0 aliphatic carbocycles. The lowest BCUT2D eigenvalue weighted by atomic mass is 10.1. The number of aryl methyl sites for hydroxylation is 3. The molecule has 0 unspecified atom stereocenters. The highest BCUT2D eigenvalue weighted by Gasteiger charge is 2.13. The predicted molar refractivity (Wildman–Crippen MR) is 121 cm³/mol. The number of para-hydroxylation sites is 1. The fourth-order valence-corrected chi connectivity index (χ4v) is 3.55. The van der Waals surface area contributed by atoms with Gasteiger partial charge in [0.2, 0.25) is 11.8 Å². The average Bonchev–Trinajstić information content (AvgIpc) is 3.01. The Morgan fingerprint density at radius 3 is 2.48 bits per heavy atom. The maximum atomic E-state index is 12.0. The highest BCUT2D eigenvalue weighted by Crippen LogP contribution is 2.25. The van der Waals surface area contributed by atoms with Crippen molar-refractivity contribution >= 4 is 18.0 Å². The van der Waals surface area contributed by atoms with E-state index in [0.717, 1.165) is 28.2 Å². The lowest BCUT2D eigenvalue weighted by Gasteiger charge is -2.15. The van der Waals surface area contributed by atoms with Gasteiger partial charge in [-0.25, -0.2) is 5.43 Å². The van der Waals surface area contributed by atoms with E-state index in [1.165, 1.54) is 11.1 Å². The second kappa shape index (κ2) is 9.84. The van der Waals surface area contributed by atoms with Crippen molar-refractivity contribution in [2.45, 2.75) is 40.7 Å². The number of nitrogens with zero attached hydrogens (tertiary/aromatic N) is 3. The van der Waals surface area contributed by atoms with Crippen molar-refractivity contribution in [2.24, 2.45) is 5.10 Å². The van der Waals surface area contributed by atoms with Gasteiger partial charge in [-0.3, -0.25) is 14.6 Å². The van der Waals surface area contributed by atoms with Gasteiger partial charge in [0.05, 0.1) is 11.9 Å². The van der Waals surface area contributed by atoms with Gasteiger partial charge in [0.25, 0.3) is 0 Å². The largest absolute Gasteiger partial charge is 0.352 e. The number of hydrazone groups is 1. The SMILES string of the molecule is Cc1cccc(C)c1-n1c(C)cc(/C=N/NC(=O)CC(=O)NCc2cccnc2)c1C. The van der Waals surface area contributed by atoms with Gasteiger partial charge in [0, 0.05) is 35.9 Å². The summed E-state index contributed by atoms with van der Waals surface area (Å²) in [5.41, 5.74) is 9.85. The Labute approximate surface area is 182 Å². The number of pyridine rings is 1. The third kappa shape index (κ3) is 5.45. The molecule has 3 rings (SSSR count).